The van der Waals surface area contributed by atoms with Crippen molar-refractivity contribution >= 4 is 11.3 Å². The van der Waals surface area contributed by atoms with E-state index in [1.165, 1.54) is 16.7 Å². The van der Waals surface area contributed by atoms with Crippen molar-refractivity contribution in [1.29, 1.82) is 0 Å². The Balaban J connectivity index is 2.24. The van der Waals surface area contributed by atoms with E-state index in [-0.39, 0.29) is 0 Å². The van der Waals surface area contributed by atoms with Crippen molar-refractivity contribution < 1.29 is 0 Å². The fourth-order valence-electron chi connectivity index (χ4n) is 2.53. The molecule has 0 spiro atoms. The third kappa shape index (κ3) is 4.19. The topological polar surface area (TPSA) is 12.0 Å². The quantitative estimate of drug-likeness (QED) is 0.752. The first-order valence-electron chi connectivity index (χ1n) is 7.55. The van der Waals surface area contributed by atoms with E-state index in [4.69, 9.17) is 0 Å². The Morgan fingerprint density at radius 1 is 1.15 bits per heavy atom. The predicted octanol–water partition coefficient (Wildman–Crippen LogP) is 5.04. The van der Waals surface area contributed by atoms with Gasteiger partial charge in [-0.15, -0.1) is 0 Å². The van der Waals surface area contributed by atoms with E-state index in [0.29, 0.717) is 12.0 Å². The molecule has 2 heteroatoms. The lowest BCUT2D eigenvalue weighted by atomic mass is 9.96. The number of hydrogen-bond donors (Lipinski definition) is 1. The fraction of sp³-hybridized carbons (Fsp3) is 0.444. The summed E-state index contributed by atoms with van der Waals surface area (Å²) in [5, 5.41) is 8.09. The highest BCUT2D eigenvalue weighted by Gasteiger charge is 2.14. The van der Waals surface area contributed by atoms with Crippen LogP contribution in [0.5, 0.6) is 0 Å². The van der Waals surface area contributed by atoms with Crippen molar-refractivity contribution in [3.05, 3.63) is 57.8 Å². The maximum Gasteiger partial charge on any atom is 0.0585 e. The van der Waals surface area contributed by atoms with Gasteiger partial charge < -0.3 is 5.32 Å². The van der Waals surface area contributed by atoms with Crippen molar-refractivity contribution in [3.8, 4) is 0 Å². The van der Waals surface area contributed by atoms with E-state index < -0.39 is 0 Å². The fourth-order valence-corrected chi connectivity index (χ4v) is 3.21. The van der Waals surface area contributed by atoms with Crippen molar-refractivity contribution in [1.82, 2.24) is 5.32 Å². The molecule has 0 saturated heterocycles. The Labute approximate surface area is 127 Å². The molecular weight excluding hydrogens is 262 g/mol. The van der Waals surface area contributed by atoms with Crippen molar-refractivity contribution in [2.24, 2.45) is 5.92 Å². The van der Waals surface area contributed by atoms with Gasteiger partial charge in [-0.25, -0.2) is 0 Å². The maximum absolute atomic E-state index is 3.68. The predicted molar refractivity (Wildman–Crippen MR) is 89.4 cm³/mol. The molecule has 0 fully saturated rings. The lowest BCUT2D eigenvalue weighted by Gasteiger charge is -2.19. The molecule has 0 aliphatic carbocycles. The van der Waals surface area contributed by atoms with Gasteiger partial charge in [0.2, 0.25) is 0 Å². The number of benzene rings is 1. The molecule has 2 rings (SSSR count). The standard InChI is InChI=1S/C18H25NS/c1-4-9-19-18(17-8-10-20-13-17)16-7-5-6-15(12-16)11-14(2)3/h5-8,10,12-14,18-19H,4,9,11H2,1-3H3. The van der Waals surface area contributed by atoms with Crippen LogP contribution in [0.1, 0.15) is 49.9 Å². The van der Waals surface area contributed by atoms with E-state index in [1.54, 1.807) is 11.3 Å². The van der Waals surface area contributed by atoms with Crippen LogP contribution in [0, 0.1) is 5.92 Å². The molecule has 0 bridgehead atoms. The Bertz CT molecular complexity index is 502. The van der Waals surface area contributed by atoms with Crippen molar-refractivity contribution in [2.45, 2.75) is 39.7 Å². The zero-order chi connectivity index (χ0) is 14.4. The van der Waals surface area contributed by atoms with Gasteiger partial charge in [0.15, 0.2) is 0 Å². The molecule has 108 valence electrons. The van der Waals surface area contributed by atoms with Crippen LogP contribution in [-0.2, 0) is 6.42 Å². The Hall–Kier alpha value is -1.12. The van der Waals surface area contributed by atoms with E-state index >= 15 is 0 Å². The molecule has 20 heavy (non-hydrogen) atoms. The molecule has 0 aliphatic rings. The summed E-state index contributed by atoms with van der Waals surface area (Å²) in [6.07, 6.45) is 2.31. The number of nitrogens with one attached hydrogen (secondary N) is 1. The van der Waals surface area contributed by atoms with E-state index in [1.807, 2.05) is 0 Å². The SMILES string of the molecule is CCCNC(c1ccsc1)c1cccc(CC(C)C)c1. The van der Waals surface area contributed by atoms with Crippen molar-refractivity contribution in [2.75, 3.05) is 6.54 Å². The maximum atomic E-state index is 3.68. The number of rotatable bonds is 7. The second kappa shape index (κ2) is 7.61. The van der Waals surface area contributed by atoms with E-state index in [2.05, 4.69) is 67.2 Å². The van der Waals surface area contributed by atoms with Gasteiger partial charge in [0.1, 0.15) is 0 Å². The van der Waals surface area contributed by atoms with Crippen LogP contribution in [0.4, 0.5) is 0 Å². The van der Waals surface area contributed by atoms with Gasteiger partial charge in [-0.05, 0) is 58.8 Å². The third-order valence-electron chi connectivity index (χ3n) is 3.40. The molecular formula is C18H25NS. The van der Waals surface area contributed by atoms with Gasteiger partial charge >= 0.3 is 0 Å². The summed E-state index contributed by atoms with van der Waals surface area (Å²) in [5.41, 5.74) is 4.20. The molecule has 1 unspecified atom stereocenters. The second-order valence-corrected chi connectivity index (χ2v) is 6.57. The van der Waals surface area contributed by atoms with E-state index in [0.717, 1.165) is 19.4 Å². The molecule has 1 nitrogen and oxygen atoms in total. The molecule has 0 amide bonds. The molecule has 2 aromatic rings. The van der Waals surface area contributed by atoms with Crippen LogP contribution in [0.15, 0.2) is 41.1 Å². The van der Waals surface area contributed by atoms with Gasteiger partial charge in [-0.1, -0.05) is 45.0 Å². The zero-order valence-corrected chi connectivity index (χ0v) is 13.5. The lowest BCUT2D eigenvalue weighted by Crippen LogP contribution is -2.22. The van der Waals surface area contributed by atoms with Gasteiger partial charge in [-0.2, -0.15) is 11.3 Å². The average Bonchev–Trinajstić information content (AvgIpc) is 2.93. The molecule has 1 aromatic carbocycles. The smallest absolute Gasteiger partial charge is 0.0585 e. The van der Waals surface area contributed by atoms with Gasteiger partial charge in [0.05, 0.1) is 6.04 Å². The monoisotopic (exact) mass is 287 g/mol. The molecule has 0 radical (unpaired) electrons. The number of thiophene rings is 1. The molecule has 1 N–H and O–H groups in total. The van der Waals surface area contributed by atoms with Gasteiger partial charge in [0, 0.05) is 0 Å². The molecule has 0 aliphatic heterocycles. The summed E-state index contributed by atoms with van der Waals surface area (Å²) in [5.74, 6) is 0.702. The van der Waals surface area contributed by atoms with Crippen LogP contribution in [0.3, 0.4) is 0 Å². The summed E-state index contributed by atoms with van der Waals surface area (Å²) in [6, 6.07) is 11.6. The highest BCUT2D eigenvalue weighted by molar-refractivity contribution is 7.08. The normalized spacial score (nSPS) is 12.8. The summed E-state index contributed by atoms with van der Waals surface area (Å²) >= 11 is 1.77. The minimum absolute atomic E-state index is 0.327. The van der Waals surface area contributed by atoms with Crippen LogP contribution >= 0.6 is 11.3 Å². The van der Waals surface area contributed by atoms with Gasteiger partial charge in [0.25, 0.3) is 0 Å². The van der Waals surface area contributed by atoms with Crippen LogP contribution in [0.2, 0.25) is 0 Å². The Morgan fingerprint density at radius 3 is 2.65 bits per heavy atom. The minimum Gasteiger partial charge on any atom is -0.306 e. The molecule has 1 heterocycles. The summed E-state index contributed by atoms with van der Waals surface area (Å²) in [4.78, 5) is 0. The van der Waals surface area contributed by atoms with Crippen LogP contribution in [-0.4, -0.2) is 6.54 Å². The zero-order valence-electron chi connectivity index (χ0n) is 12.7. The Kier molecular flexibility index (Phi) is 5.81. The Morgan fingerprint density at radius 2 is 2.00 bits per heavy atom. The summed E-state index contributed by atoms with van der Waals surface area (Å²) in [6.45, 7) is 7.82. The molecule has 1 atom stereocenters. The first kappa shape index (κ1) is 15.3. The number of hydrogen-bond acceptors (Lipinski definition) is 2. The lowest BCUT2D eigenvalue weighted by molar-refractivity contribution is 0.597. The van der Waals surface area contributed by atoms with Gasteiger partial charge in [-0.3, -0.25) is 0 Å². The molecule has 0 saturated carbocycles. The minimum atomic E-state index is 0.327. The average molecular weight is 287 g/mol. The van der Waals surface area contributed by atoms with Crippen molar-refractivity contribution in [3.63, 3.8) is 0 Å². The summed E-state index contributed by atoms with van der Waals surface area (Å²) in [7, 11) is 0. The summed E-state index contributed by atoms with van der Waals surface area (Å²) < 4.78 is 0. The molecule has 1 aromatic heterocycles. The first-order chi connectivity index (χ1) is 9.70. The van der Waals surface area contributed by atoms with E-state index in [9.17, 15) is 0 Å². The second-order valence-electron chi connectivity index (χ2n) is 5.79. The van der Waals surface area contributed by atoms with Crippen LogP contribution in [0.25, 0.3) is 0 Å². The largest absolute Gasteiger partial charge is 0.306 e. The highest BCUT2D eigenvalue weighted by atomic mass is 32.1. The highest BCUT2D eigenvalue weighted by Crippen LogP contribution is 2.25. The third-order valence-corrected chi connectivity index (χ3v) is 4.10. The first-order valence-corrected chi connectivity index (χ1v) is 8.49. The van der Waals surface area contributed by atoms with Crippen LogP contribution < -0.4 is 5.32 Å².